The summed E-state index contributed by atoms with van der Waals surface area (Å²) in [4.78, 5) is 4.02. The molecule has 0 amide bonds. The molecule has 0 bridgehead atoms. The lowest BCUT2D eigenvalue weighted by atomic mass is 10.2. The molecule has 1 aromatic carbocycles. The van der Waals surface area contributed by atoms with E-state index in [1.54, 1.807) is 24.5 Å². The van der Waals surface area contributed by atoms with Crippen LogP contribution >= 0.6 is 0 Å². The van der Waals surface area contributed by atoms with Crippen molar-refractivity contribution in [3.8, 4) is 0 Å². The van der Waals surface area contributed by atoms with Gasteiger partial charge in [0, 0.05) is 18.3 Å². The van der Waals surface area contributed by atoms with Crippen LogP contribution < -0.4 is 5.32 Å². The second kappa shape index (κ2) is 4.75. The maximum Gasteiger partial charge on any atom is 0.128 e. The highest BCUT2D eigenvalue weighted by Gasteiger charge is 2.01. The number of halogens is 1. The molecule has 0 saturated carbocycles. The molecule has 1 heterocycles. The molecule has 0 unspecified atom stereocenters. The number of rotatable bonds is 3. The van der Waals surface area contributed by atoms with E-state index in [2.05, 4.69) is 10.3 Å². The van der Waals surface area contributed by atoms with Crippen LogP contribution in [0.1, 0.15) is 11.1 Å². The number of aromatic nitrogens is 1. The van der Waals surface area contributed by atoms with Crippen molar-refractivity contribution in [3.63, 3.8) is 0 Å². The van der Waals surface area contributed by atoms with Crippen LogP contribution in [-0.4, -0.2) is 4.98 Å². The van der Waals surface area contributed by atoms with Crippen LogP contribution in [0.3, 0.4) is 0 Å². The number of nitrogens with one attached hydrogen (secondary N) is 1. The molecule has 1 aromatic heterocycles. The summed E-state index contributed by atoms with van der Waals surface area (Å²) in [6.45, 7) is 2.46. The van der Waals surface area contributed by atoms with E-state index in [4.69, 9.17) is 0 Å². The van der Waals surface area contributed by atoms with E-state index in [0.717, 1.165) is 11.3 Å². The fourth-order valence-electron chi connectivity index (χ4n) is 1.48. The maximum atomic E-state index is 13.3. The zero-order valence-electron chi connectivity index (χ0n) is 9.07. The normalized spacial score (nSPS) is 10.1. The molecule has 0 aliphatic carbocycles. The second-order valence-corrected chi connectivity index (χ2v) is 3.64. The predicted octanol–water partition coefficient (Wildman–Crippen LogP) is 3.14. The number of benzene rings is 1. The number of hydrogen-bond acceptors (Lipinski definition) is 2. The molecule has 16 heavy (non-hydrogen) atoms. The molecule has 0 atom stereocenters. The van der Waals surface area contributed by atoms with Crippen LogP contribution in [0.5, 0.6) is 0 Å². The molecule has 0 saturated heterocycles. The first-order chi connectivity index (χ1) is 7.77. The summed E-state index contributed by atoms with van der Waals surface area (Å²) in [6, 6.07) is 8.68. The van der Waals surface area contributed by atoms with Crippen molar-refractivity contribution < 1.29 is 4.39 Å². The van der Waals surface area contributed by atoms with Gasteiger partial charge in [0.15, 0.2) is 0 Å². The van der Waals surface area contributed by atoms with Crippen molar-refractivity contribution in [2.45, 2.75) is 13.5 Å². The SMILES string of the molecule is Cc1ccncc1NCc1ccccc1F. The Hall–Kier alpha value is -1.90. The highest BCUT2D eigenvalue weighted by Crippen LogP contribution is 2.14. The summed E-state index contributed by atoms with van der Waals surface area (Å²) < 4.78 is 13.3. The van der Waals surface area contributed by atoms with Gasteiger partial charge < -0.3 is 5.32 Å². The summed E-state index contributed by atoms with van der Waals surface area (Å²) in [6.07, 6.45) is 3.49. The first-order valence-electron chi connectivity index (χ1n) is 5.15. The number of pyridine rings is 1. The van der Waals surface area contributed by atoms with E-state index < -0.39 is 0 Å². The summed E-state index contributed by atoms with van der Waals surface area (Å²) >= 11 is 0. The van der Waals surface area contributed by atoms with Crippen LogP contribution in [0.2, 0.25) is 0 Å². The number of hydrogen-bond donors (Lipinski definition) is 1. The lowest BCUT2D eigenvalue weighted by Gasteiger charge is -2.09. The standard InChI is InChI=1S/C13H13FN2/c1-10-6-7-15-9-13(10)16-8-11-4-2-3-5-12(11)14/h2-7,9,16H,8H2,1H3. The van der Waals surface area contributed by atoms with Crippen LogP contribution in [0.25, 0.3) is 0 Å². The smallest absolute Gasteiger partial charge is 0.128 e. The molecule has 0 aliphatic heterocycles. The minimum absolute atomic E-state index is 0.184. The zero-order chi connectivity index (χ0) is 11.4. The molecule has 3 heteroatoms. The quantitative estimate of drug-likeness (QED) is 0.852. The van der Waals surface area contributed by atoms with Gasteiger partial charge in [-0.25, -0.2) is 4.39 Å². The van der Waals surface area contributed by atoms with E-state index >= 15 is 0 Å². The molecule has 82 valence electrons. The minimum Gasteiger partial charge on any atom is -0.379 e. The maximum absolute atomic E-state index is 13.3. The Morgan fingerprint density at radius 1 is 1.25 bits per heavy atom. The third-order valence-corrected chi connectivity index (χ3v) is 2.47. The molecular weight excluding hydrogens is 203 g/mol. The Bertz CT molecular complexity index is 437. The summed E-state index contributed by atoms with van der Waals surface area (Å²) in [5.41, 5.74) is 2.70. The van der Waals surface area contributed by atoms with Crippen molar-refractivity contribution in [2.75, 3.05) is 5.32 Å². The van der Waals surface area contributed by atoms with Crippen molar-refractivity contribution in [1.29, 1.82) is 0 Å². The summed E-state index contributed by atoms with van der Waals surface area (Å²) in [5.74, 6) is -0.184. The average Bonchev–Trinajstić information content (AvgIpc) is 2.30. The fourth-order valence-corrected chi connectivity index (χ4v) is 1.48. The van der Waals surface area contributed by atoms with Gasteiger partial charge in [-0.3, -0.25) is 4.98 Å². The van der Waals surface area contributed by atoms with Crippen molar-refractivity contribution in [3.05, 3.63) is 59.7 Å². The van der Waals surface area contributed by atoms with Gasteiger partial charge in [-0.2, -0.15) is 0 Å². The highest BCUT2D eigenvalue weighted by atomic mass is 19.1. The topological polar surface area (TPSA) is 24.9 Å². The molecular formula is C13H13FN2. The third kappa shape index (κ3) is 2.37. The summed E-state index contributed by atoms with van der Waals surface area (Å²) in [5, 5.41) is 3.17. The van der Waals surface area contributed by atoms with Crippen LogP contribution in [0, 0.1) is 12.7 Å². The number of anilines is 1. The van der Waals surface area contributed by atoms with E-state index in [1.165, 1.54) is 6.07 Å². The Kier molecular flexibility index (Phi) is 3.15. The molecule has 2 nitrogen and oxygen atoms in total. The Morgan fingerprint density at radius 2 is 2.06 bits per heavy atom. The number of nitrogens with zero attached hydrogens (tertiary/aromatic N) is 1. The molecule has 0 radical (unpaired) electrons. The lowest BCUT2D eigenvalue weighted by molar-refractivity contribution is 0.613. The van der Waals surface area contributed by atoms with Gasteiger partial charge >= 0.3 is 0 Å². The van der Waals surface area contributed by atoms with Crippen molar-refractivity contribution >= 4 is 5.69 Å². The molecule has 1 N–H and O–H groups in total. The van der Waals surface area contributed by atoms with Crippen LogP contribution in [0.4, 0.5) is 10.1 Å². The van der Waals surface area contributed by atoms with E-state index in [9.17, 15) is 4.39 Å². The zero-order valence-corrected chi connectivity index (χ0v) is 9.07. The molecule has 0 spiro atoms. The predicted molar refractivity (Wildman–Crippen MR) is 62.7 cm³/mol. The molecule has 2 aromatic rings. The summed E-state index contributed by atoms with van der Waals surface area (Å²) in [7, 11) is 0. The Morgan fingerprint density at radius 3 is 2.81 bits per heavy atom. The van der Waals surface area contributed by atoms with E-state index in [1.807, 2.05) is 19.1 Å². The Labute approximate surface area is 94.2 Å². The van der Waals surface area contributed by atoms with Crippen LogP contribution in [-0.2, 0) is 6.54 Å². The van der Waals surface area contributed by atoms with Crippen molar-refractivity contribution in [1.82, 2.24) is 4.98 Å². The van der Waals surface area contributed by atoms with Gasteiger partial charge in [-0.05, 0) is 24.6 Å². The fraction of sp³-hybridized carbons (Fsp3) is 0.154. The monoisotopic (exact) mass is 216 g/mol. The largest absolute Gasteiger partial charge is 0.379 e. The number of aryl methyl sites for hydroxylation is 1. The van der Waals surface area contributed by atoms with Crippen molar-refractivity contribution in [2.24, 2.45) is 0 Å². The van der Waals surface area contributed by atoms with E-state index in [0.29, 0.717) is 12.1 Å². The van der Waals surface area contributed by atoms with Gasteiger partial charge in [-0.15, -0.1) is 0 Å². The van der Waals surface area contributed by atoms with Gasteiger partial charge in [0.25, 0.3) is 0 Å². The molecule has 0 aliphatic rings. The first kappa shape index (κ1) is 10.6. The van der Waals surface area contributed by atoms with Gasteiger partial charge in [0.1, 0.15) is 5.82 Å². The van der Waals surface area contributed by atoms with Gasteiger partial charge in [0.05, 0.1) is 11.9 Å². The molecule has 0 fully saturated rings. The highest BCUT2D eigenvalue weighted by molar-refractivity contribution is 5.48. The first-order valence-corrected chi connectivity index (χ1v) is 5.15. The minimum atomic E-state index is -0.184. The van der Waals surface area contributed by atoms with Crippen LogP contribution in [0.15, 0.2) is 42.7 Å². The average molecular weight is 216 g/mol. The second-order valence-electron chi connectivity index (χ2n) is 3.64. The van der Waals surface area contributed by atoms with E-state index in [-0.39, 0.29) is 5.82 Å². The lowest BCUT2D eigenvalue weighted by Crippen LogP contribution is -2.03. The third-order valence-electron chi connectivity index (χ3n) is 2.47. The van der Waals surface area contributed by atoms with Gasteiger partial charge in [0.2, 0.25) is 0 Å². The molecule has 2 rings (SSSR count). The Balaban J connectivity index is 2.09. The van der Waals surface area contributed by atoms with Gasteiger partial charge in [-0.1, -0.05) is 18.2 Å².